The molecule has 1 fully saturated rings. The number of rotatable bonds is 4. The molecule has 0 amide bonds. The molecular weight excluding hydrogens is 188 g/mol. The summed E-state index contributed by atoms with van der Waals surface area (Å²) >= 11 is 0. The van der Waals surface area contributed by atoms with E-state index in [-0.39, 0.29) is 0 Å². The smallest absolute Gasteiger partial charge is 0.148 e. The molecule has 1 atom stereocenters. The van der Waals surface area contributed by atoms with Crippen LogP contribution < -0.4 is 10.6 Å². The van der Waals surface area contributed by atoms with Crippen molar-refractivity contribution < 1.29 is 0 Å². The van der Waals surface area contributed by atoms with E-state index in [1.54, 1.807) is 6.20 Å². The van der Waals surface area contributed by atoms with Gasteiger partial charge in [0.05, 0.1) is 6.20 Å². The van der Waals surface area contributed by atoms with E-state index in [0.717, 1.165) is 24.3 Å². The normalized spacial score (nSPS) is 20.5. The molecular formula is C11H18N4. The first-order chi connectivity index (χ1) is 7.34. The predicted molar refractivity (Wildman–Crippen MR) is 60.9 cm³/mol. The van der Waals surface area contributed by atoms with E-state index in [4.69, 9.17) is 0 Å². The molecule has 1 aliphatic rings. The van der Waals surface area contributed by atoms with Crippen molar-refractivity contribution in [2.24, 2.45) is 0 Å². The molecule has 0 unspecified atom stereocenters. The van der Waals surface area contributed by atoms with Gasteiger partial charge in [-0.1, -0.05) is 0 Å². The zero-order valence-electron chi connectivity index (χ0n) is 9.16. The molecule has 82 valence electrons. The molecule has 1 saturated heterocycles. The molecule has 2 heterocycles. The summed E-state index contributed by atoms with van der Waals surface area (Å²) in [6, 6.07) is 2.71. The first-order valence-corrected chi connectivity index (χ1v) is 5.61. The van der Waals surface area contributed by atoms with Gasteiger partial charge in [0, 0.05) is 12.6 Å². The van der Waals surface area contributed by atoms with Gasteiger partial charge < -0.3 is 10.6 Å². The lowest BCUT2D eigenvalue weighted by molar-refractivity contribution is 0.574. The standard InChI is InChI=1S/C11H18N4/c1-9-7-11(15-14-8-9)13-6-4-10-3-2-5-12-10/h7-8,10,12H,2-6H2,1H3,(H,13,15)/t10-/m1/s1. The molecule has 0 spiro atoms. The molecule has 4 heteroatoms. The second kappa shape index (κ2) is 5.07. The van der Waals surface area contributed by atoms with Crippen LogP contribution in [0, 0.1) is 6.92 Å². The highest BCUT2D eigenvalue weighted by atomic mass is 15.2. The van der Waals surface area contributed by atoms with E-state index in [1.165, 1.54) is 19.4 Å². The van der Waals surface area contributed by atoms with Gasteiger partial charge in [0.15, 0.2) is 0 Å². The van der Waals surface area contributed by atoms with Gasteiger partial charge in [0.25, 0.3) is 0 Å². The van der Waals surface area contributed by atoms with Crippen molar-refractivity contribution in [3.8, 4) is 0 Å². The van der Waals surface area contributed by atoms with Crippen LogP contribution in [0.3, 0.4) is 0 Å². The van der Waals surface area contributed by atoms with Gasteiger partial charge in [-0.2, -0.15) is 5.10 Å². The number of hydrogen-bond acceptors (Lipinski definition) is 4. The van der Waals surface area contributed by atoms with E-state index < -0.39 is 0 Å². The number of anilines is 1. The number of aromatic nitrogens is 2. The summed E-state index contributed by atoms with van der Waals surface area (Å²) in [5, 5.41) is 14.7. The maximum absolute atomic E-state index is 4.02. The van der Waals surface area contributed by atoms with Crippen molar-refractivity contribution in [2.45, 2.75) is 32.2 Å². The van der Waals surface area contributed by atoms with Crippen LogP contribution in [0.15, 0.2) is 12.3 Å². The van der Waals surface area contributed by atoms with Gasteiger partial charge >= 0.3 is 0 Å². The third kappa shape index (κ3) is 3.16. The molecule has 1 aliphatic heterocycles. The van der Waals surface area contributed by atoms with Gasteiger partial charge in [-0.15, -0.1) is 5.10 Å². The van der Waals surface area contributed by atoms with E-state index in [1.807, 2.05) is 13.0 Å². The van der Waals surface area contributed by atoms with E-state index in [9.17, 15) is 0 Å². The monoisotopic (exact) mass is 206 g/mol. The van der Waals surface area contributed by atoms with Gasteiger partial charge in [-0.3, -0.25) is 0 Å². The maximum Gasteiger partial charge on any atom is 0.148 e. The Kier molecular flexibility index (Phi) is 3.50. The largest absolute Gasteiger partial charge is 0.369 e. The molecule has 2 N–H and O–H groups in total. The number of aryl methyl sites for hydroxylation is 1. The van der Waals surface area contributed by atoms with Crippen molar-refractivity contribution >= 4 is 5.82 Å². The first kappa shape index (κ1) is 10.4. The van der Waals surface area contributed by atoms with Crippen LogP contribution in [-0.2, 0) is 0 Å². The van der Waals surface area contributed by atoms with Crippen molar-refractivity contribution in [3.63, 3.8) is 0 Å². The summed E-state index contributed by atoms with van der Waals surface area (Å²) in [7, 11) is 0. The fourth-order valence-electron chi connectivity index (χ4n) is 1.93. The summed E-state index contributed by atoms with van der Waals surface area (Å²) in [5.41, 5.74) is 1.14. The molecule has 1 aromatic rings. The van der Waals surface area contributed by atoms with E-state index in [0.29, 0.717) is 6.04 Å². The van der Waals surface area contributed by atoms with Crippen LogP contribution >= 0.6 is 0 Å². The Labute approximate surface area is 90.5 Å². The van der Waals surface area contributed by atoms with Crippen molar-refractivity contribution in [1.82, 2.24) is 15.5 Å². The van der Waals surface area contributed by atoms with Crippen LogP contribution in [0.4, 0.5) is 5.82 Å². The minimum absolute atomic E-state index is 0.690. The molecule has 15 heavy (non-hydrogen) atoms. The highest BCUT2D eigenvalue weighted by molar-refractivity contribution is 5.34. The average molecular weight is 206 g/mol. The molecule has 1 aromatic heterocycles. The van der Waals surface area contributed by atoms with Gasteiger partial charge in [-0.25, -0.2) is 0 Å². The molecule has 0 aromatic carbocycles. The van der Waals surface area contributed by atoms with Gasteiger partial charge in [0.1, 0.15) is 5.82 Å². The Balaban J connectivity index is 1.73. The maximum atomic E-state index is 4.02. The average Bonchev–Trinajstić information content (AvgIpc) is 2.71. The zero-order chi connectivity index (χ0) is 10.5. The quantitative estimate of drug-likeness (QED) is 0.780. The number of nitrogens with zero attached hydrogens (tertiary/aromatic N) is 2. The summed E-state index contributed by atoms with van der Waals surface area (Å²) < 4.78 is 0. The number of nitrogens with one attached hydrogen (secondary N) is 2. The SMILES string of the molecule is Cc1cnnc(NCC[C@H]2CCCN2)c1. The highest BCUT2D eigenvalue weighted by Gasteiger charge is 2.12. The lowest BCUT2D eigenvalue weighted by Crippen LogP contribution is -2.24. The summed E-state index contributed by atoms with van der Waals surface area (Å²) in [5.74, 6) is 0.882. The van der Waals surface area contributed by atoms with Gasteiger partial charge in [0.2, 0.25) is 0 Å². The molecule has 0 radical (unpaired) electrons. The fraction of sp³-hybridized carbons (Fsp3) is 0.636. The van der Waals surface area contributed by atoms with Crippen LogP contribution in [0.5, 0.6) is 0 Å². The lowest BCUT2D eigenvalue weighted by Gasteiger charge is -2.10. The Morgan fingerprint density at radius 2 is 2.53 bits per heavy atom. The number of hydrogen-bond donors (Lipinski definition) is 2. The highest BCUT2D eigenvalue weighted by Crippen LogP contribution is 2.09. The van der Waals surface area contributed by atoms with Crippen molar-refractivity contribution in [3.05, 3.63) is 17.8 Å². The molecule has 4 nitrogen and oxygen atoms in total. The Morgan fingerprint density at radius 3 is 3.27 bits per heavy atom. The van der Waals surface area contributed by atoms with Gasteiger partial charge in [-0.05, 0) is 44.4 Å². The molecule has 0 bridgehead atoms. The lowest BCUT2D eigenvalue weighted by atomic mass is 10.1. The Hall–Kier alpha value is -1.16. The molecule has 0 saturated carbocycles. The minimum atomic E-state index is 0.690. The fourth-order valence-corrected chi connectivity index (χ4v) is 1.93. The van der Waals surface area contributed by atoms with Crippen LogP contribution in [-0.4, -0.2) is 29.3 Å². The second-order valence-corrected chi connectivity index (χ2v) is 4.13. The first-order valence-electron chi connectivity index (χ1n) is 5.61. The summed E-state index contributed by atoms with van der Waals surface area (Å²) in [6.07, 6.45) is 5.55. The molecule has 0 aliphatic carbocycles. The third-order valence-electron chi connectivity index (χ3n) is 2.75. The van der Waals surface area contributed by atoms with Crippen LogP contribution in [0.2, 0.25) is 0 Å². The van der Waals surface area contributed by atoms with E-state index >= 15 is 0 Å². The zero-order valence-corrected chi connectivity index (χ0v) is 9.16. The summed E-state index contributed by atoms with van der Waals surface area (Å²) in [4.78, 5) is 0. The Bertz CT molecular complexity index is 307. The second-order valence-electron chi connectivity index (χ2n) is 4.13. The topological polar surface area (TPSA) is 49.8 Å². The Morgan fingerprint density at radius 1 is 1.60 bits per heavy atom. The van der Waals surface area contributed by atoms with E-state index in [2.05, 4.69) is 20.8 Å². The van der Waals surface area contributed by atoms with Crippen LogP contribution in [0.25, 0.3) is 0 Å². The third-order valence-corrected chi connectivity index (χ3v) is 2.75. The summed E-state index contributed by atoms with van der Waals surface area (Å²) in [6.45, 7) is 4.17. The molecule has 2 rings (SSSR count). The van der Waals surface area contributed by atoms with Crippen molar-refractivity contribution in [2.75, 3.05) is 18.4 Å². The predicted octanol–water partition coefficient (Wildman–Crippen LogP) is 1.34. The minimum Gasteiger partial charge on any atom is -0.369 e. The van der Waals surface area contributed by atoms with Crippen LogP contribution in [0.1, 0.15) is 24.8 Å². The van der Waals surface area contributed by atoms with Crippen molar-refractivity contribution in [1.29, 1.82) is 0 Å².